The van der Waals surface area contributed by atoms with Crippen LogP contribution in [-0.4, -0.2) is 25.3 Å². The smallest absolute Gasteiger partial charge is 0.192 e. The van der Waals surface area contributed by atoms with E-state index < -0.39 is 8.32 Å². The topological polar surface area (TPSA) is 41.8 Å². The van der Waals surface area contributed by atoms with E-state index in [9.17, 15) is 5.21 Å². The molecule has 0 aromatic carbocycles. The first kappa shape index (κ1) is 21.9. The van der Waals surface area contributed by atoms with Gasteiger partial charge in [0.15, 0.2) is 8.32 Å². The number of fused-ring (bicyclic) bond motifs is 5. The summed E-state index contributed by atoms with van der Waals surface area (Å²) in [5, 5.41) is 13.6. The summed E-state index contributed by atoms with van der Waals surface area (Å²) in [7, 11) is -1.68. The van der Waals surface area contributed by atoms with Crippen LogP contribution in [0, 0.1) is 34.5 Å². The summed E-state index contributed by atoms with van der Waals surface area (Å²) in [6, 6.07) is 0. The fourth-order valence-corrected chi connectivity index (χ4v) is 9.27. The summed E-state index contributed by atoms with van der Waals surface area (Å²) in [5.74, 6) is 3.29. The summed E-state index contributed by atoms with van der Waals surface area (Å²) < 4.78 is 6.88. The molecule has 4 rings (SSSR count). The van der Waals surface area contributed by atoms with E-state index in [4.69, 9.17) is 4.43 Å². The third-order valence-corrected chi connectivity index (χ3v) is 15.3. The molecule has 0 bridgehead atoms. The molecule has 0 spiro atoms. The van der Waals surface area contributed by atoms with Crippen LogP contribution < -0.4 is 0 Å². The molecule has 29 heavy (non-hydrogen) atoms. The molecule has 0 aromatic rings. The maximum Gasteiger partial charge on any atom is 0.192 e. The molecule has 0 unspecified atom stereocenters. The SMILES string of the molecule is CC(C)(C)[Si](C)(C)O[C@@H]1CC[C@@]2(C)[C@@H](CC[C@@H]3[C@@H]2CC[C@]2(C)C(=NO)CC[C@@H]32)C1. The first-order chi connectivity index (χ1) is 13.4. The Morgan fingerprint density at radius 2 is 1.72 bits per heavy atom. The lowest BCUT2D eigenvalue weighted by Crippen LogP contribution is -2.55. The second-order valence-corrected chi connectivity index (χ2v) is 17.7. The number of rotatable bonds is 2. The van der Waals surface area contributed by atoms with Gasteiger partial charge < -0.3 is 9.63 Å². The fraction of sp³-hybridized carbons (Fsp3) is 0.960. The maximum atomic E-state index is 9.56. The van der Waals surface area contributed by atoms with Gasteiger partial charge in [-0.15, -0.1) is 0 Å². The van der Waals surface area contributed by atoms with E-state index in [0.29, 0.717) is 16.6 Å². The molecule has 4 aliphatic carbocycles. The molecule has 3 nitrogen and oxygen atoms in total. The minimum Gasteiger partial charge on any atom is -0.414 e. The summed E-state index contributed by atoms with van der Waals surface area (Å²) in [6.07, 6.45) is 12.0. The van der Waals surface area contributed by atoms with Crippen molar-refractivity contribution in [2.24, 2.45) is 39.7 Å². The van der Waals surface area contributed by atoms with E-state index in [1.807, 2.05) is 0 Å². The first-order valence-corrected chi connectivity index (χ1v) is 15.2. The monoisotopic (exact) mass is 419 g/mol. The van der Waals surface area contributed by atoms with Gasteiger partial charge >= 0.3 is 0 Å². The largest absolute Gasteiger partial charge is 0.414 e. The highest BCUT2D eigenvalue weighted by atomic mass is 28.4. The van der Waals surface area contributed by atoms with E-state index in [1.165, 1.54) is 51.4 Å². The molecule has 4 saturated carbocycles. The molecule has 166 valence electrons. The summed E-state index contributed by atoms with van der Waals surface area (Å²) >= 11 is 0. The zero-order valence-corrected chi connectivity index (χ0v) is 21.1. The van der Waals surface area contributed by atoms with Crippen molar-refractivity contribution >= 4 is 14.0 Å². The molecule has 4 heteroatoms. The summed E-state index contributed by atoms with van der Waals surface area (Å²) in [6.45, 7) is 17.0. The second kappa shape index (κ2) is 7.08. The fourth-order valence-electron chi connectivity index (χ4n) is 7.87. The van der Waals surface area contributed by atoms with Crippen molar-refractivity contribution in [3.05, 3.63) is 0 Å². The minimum absolute atomic E-state index is 0.168. The average Bonchev–Trinajstić information content (AvgIpc) is 2.97. The zero-order valence-electron chi connectivity index (χ0n) is 20.1. The Morgan fingerprint density at radius 1 is 1.00 bits per heavy atom. The van der Waals surface area contributed by atoms with Gasteiger partial charge in [0.2, 0.25) is 0 Å². The van der Waals surface area contributed by atoms with Crippen LogP contribution in [0.5, 0.6) is 0 Å². The Kier molecular flexibility index (Phi) is 5.34. The van der Waals surface area contributed by atoms with Crippen molar-refractivity contribution < 1.29 is 9.63 Å². The quantitative estimate of drug-likeness (QED) is 0.291. The van der Waals surface area contributed by atoms with Crippen LogP contribution in [0.25, 0.3) is 0 Å². The summed E-state index contributed by atoms with van der Waals surface area (Å²) in [5.41, 5.74) is 1.76. The highest BCUT2D eigenvalue weighted by Crippen LogP contribution is 2.65. The van der Waals surface area contributed by atoms with Crippen LogP contribution in [0.2, 0.25) is 18.1 Å². The molecule has 4 aliphatic rings. The molecule has 4 fully saturated rings. The van der Waals surface area contributed by atoms with Crippen LogP contribution in [0.15, 0.2) is 5.16 Å². The third kappa shape index (κ3) is 3.35. The lowest BCUT2D eigenvalue weighted by Gasteiger charge is -2.60. The normalized spacial score (nSPS) is 46.9. The zero-order chi connectivity index (χ0) is 21.2. The third-order valence-electron chi connectivity index (χ3n) is 10.7. The van der Waals surface area contributed by atoms with Gasteiger partial charge in [-0.1, -0.05) is 39.8 Å². The Morgan fingerprint density at radius 3 is 2.38 bits per heavy atom. The van der Waals surface area contributed by atoms with Gasteiger partial charge in [-0.05, 0) is 105 Å². The Labute approximate surface area is 180 Å². The predicted molar refractivity (Wildman–Crippen MR) is 123 cm³/mol. The number of oxime groups is 1. The van der Waals surface area contributed by atoms with Gasteiger partial charge in [-0.2, -0.15) is 0 Å². The lowest BCUT2D eigenvalue weighted by molar-refractivity contribution is -0.112. The van der Waals surface area contributed by atoms with Crippen LogP contribution in [0.4, 0.5) is 0 Å². The highest BCUT2D eigenvalue weighted by Gasteiger charge is 2.60. The van der Waals surface area contributed by atoms with E-state index in [-0.39, 0.29) is 5.41 Å². The Balaban J connectivity index is 1.49. The summed E-state index contributed by atoms with van der Waals surface area (Å²) in [4.78, 5) is 0. The van der Waals surface area contributed by atoms with Crippen molar-refractivity contribution in [1.29, 1.82) is 0 Å². The van der Waals surface area contributed by atoms with Gasteiger partial charge in [0.1, 0.15) is 0 Å². The molecular formula is C25H45NO2Si. The van der Waals surface area contributed by atoms with E-state index in [2.05, 4.69) is 52.9 Å². The number of hydrogen-bond acceptors (Lipinski definition) is 3. The molecule has 7 atom stereocenters. The van der Waals surface area contributed by atoms with E-state index in [0.717, 1.165) is 35.8 Å². The molecule has 0 aromatic heterocycles. The highest BCUT2D eigenvalue weighted by molar-refractivity contribution is 6.74. The van der Waals surface area contributed by atoms with Crippen LogP contribution in [0.3, 0.4) is 0 Å². The molecule has 1 N–H and O–H groups in total. The van der Waals surface area contributed by atoms with Crippen molar-refractivity contribution in [3.63, 3.8) is 0 Å². The number of nitrogens with zero attached hydrogens (tertiary/aromatic N) is 1. The van der Waals surface area contributed by atoms with E-state index >= 15 is 0 Å². The van der Waals surface area contributed by atoms with Gasteiger partial charge in [-0.3, -0.25) is 0 Å². The average molecular weight is 420 g/mol. The lowest BCUT2D eigenvalue weighted by atomic mass is 9.45. The Bertz CT molecular complexity index is 668. The van der Waals surface area contributed by atoms with Crippen molar-refractivity contribution in [2.75, 3.05) is 0 Å². The van der Waals surface area contributed by atoms with Crippen LogP contribution >= 0.6 is 0 Å². The first-order valence-electron chi connectivity index (χ1n) is 12.3. The molecular weight excluding hydrogens is 374 g/mol. The van der Waals surface area contributed by atoms with Gasteiger partial charge in [0.25, 0.3) is 0 Å². The molecule has 0 saturated heterocycles. The predicted octanol–water partition coefficient (Wildman–Crippen LogP) is 7.25. The van der Waals surface area contributed by atoms with Crippen LogP contribution in [0.1, 0.15) is 92.4 Å². The van der Waals surface area contributed by atoms with Gasteiger partial charge in [0.05, 0.1) is 5.71 Å². The van der Waals surface area contributed by atoms with Gasteiger partial charge in [0, 0.05) is 11.5 Å². The number of hydrogen-bond donors (Lipinski definition) is 1. The molecule has 0 aliphatic heterocycles. The minimum atomic E-state index is -1.68. The second-order valence-electron chi connectivity index (χ2n) is 13.0. The molecule has 0 heterocycles. The van der Waals surface area contributed by atoms with Crippen molar-refractivity contribution in [2.45, 2.75) is 117 Å². The Hall–Kier alpha value is -0.353. The van der Waals surface area contributed by atoms with Gasteiger partial charge in [-0.25, -0.2) is 0 Å². The molecule has 0 radical (unpaired) electrons. The van der Waals surface area contributed by atoms with Crippen molar-refractivity contribution in [3.8, 4) is 0 Å². The standard InChI is InChI=1S/C25H45NO2Si/c1-23(2,3)29(6,7)28-18-12-14-24(4)17(16-18)8-9-19-20-10-11-22(26-27)25(20,5)15-13-21(19)24/h17-21,27H,8-16H2,1-7H3/t17-,18+,19-,20-,21-,24-,25-/m0/s1. The maximum absolute atomic E-state index is 9.56. The van der Waals surface area contributed by atoms with Crippen LogP contribution in [-0.2, 0) is 4.43 Å². The van der Waals surface area contributed by atoms with Crippen molar-refractivity contribution in [1.82, 2.24) is 0 Å². The van der Waals surface area contributed by atoms with E-state index in [1.54, 1.807) is 0 Å². The molecule has 0 amide bonds.